The van der Waals surface area contributed by atoms with E-state index in [2.05, 4.69) is 52.0 Å². The van der Waals surface area contributed by atoms with Crippen LogP contribution in [0.5, 0.6) is 0 Å². The van der Waals surface area contributed by atoms with Crippen LogP contribution in [0.25, 0.3) is 0 Å². The summed E-state index contributed by atoms with van der Waals surface area (Å²) in [4.78, 5) is 0. The highest BCUT2D eigenvalue weighted by Crippen LogP contribution is 1.98. The van der Waals surface area contributed by atoms with E-state index in [0.29, 0.717) is 0 Å². The highest BCUT2D eigenvalue weighted by Gasteiger charge is 1.77. The molecule has 0 rings (SSSR count). The van der Waals surface area contributed by atoms with Crippen LogP contribution in [0.2, 0.25) is 0 Å². The first-order valence-corrected chi connectivity index (χ1v) is 4.15. The first-order chi connectivity index (χ1) is 5.16. The summed E-state index contributed by atoms with van der Waals surface area (Å²) >= 11 is 0. The molecule has 0 aromatic heterocycles. The van der Waals surface area contributed by atoms with Crippen molar-refractivity contribution in [1.82, 2.24) is 0 Å². The Bertz CT molecular complexity index is 176. The minimum absolute atomic E-state index is 0. The molecule has 0 bridgehead atoms. The molecule has 70 valence electrons. The average molecular weight is 166 g/mol. The fourth-order valence-corrected chi connectivity index (χ4v) is 0.782. The van der Waals surface area contributed by atoms with Crippen molar-refractivity contribution in [3.8, 4) is 0 Å². The van der Waals surface area contributed by atoms with Crippen LogP contribution in [0.4, 0.5) is 0 Å². The summed E-state index contributed by atoms with van der Waals surface area (Å²) < 4.78 is 0. The molecular weight excluding hydrogens is 144 g/mol. The lowest BCUT2D eigenvalue weighted by Gasteiger charge is -1.88. The molecule has 0 heterocycles. The van der Waals surface area contributed by atoms with Crippen LogP contribution in [0.3, 0.4) is 0 Å². The van der Waals surface area contributed by atoms with Gasteiger partial charge in [-0.25, -0.2) is 0 Å². The smallest absolute Gasteiger partial charge is 0.0374 e. The zero-order valence-electron chi connectivity index (χ0n) is 8.02. The van der Waals surface area contributed by atoms with Crippen molar-refractivity contribution in [2.24, 2.45) is 0 Å². The average Bonchev–Trinajstić information content (AvgIpc) is 1.87. The number of hydrogen-bond acceptors (Lipinski definition) is 0. The van der Waals surface area contributed by atoms with Gasteiger partial charge in [0.15, 0.2) is 0 Å². The molecule has 0 amide bonds. The van der Waals surface area contributed by atoms with E-state index < -0.39 is 0 Å². The first kappa shape index (κ1) is 13.8. The third-order valence-electron chi connectivity index (χ3n) is 1.31. The monoisotopic (exact) mass is 166 g/mol. The van der Waals surface area contributed by atoms with Crippen molar-refractivity contribution < 1.29 is 0 Å². The summed E-state index contributed by atoms with van der Waals surface area (Å²) in [7, 11) is 0. The number of allylic oxidation sites excluding steroid dienone is 6. The van der Waals surface area contributed by atoms with E-state index in [1.54, 1.807) is 0 Å². The third-order valence-corrected chi connectivity index (χ3v) is 1.31. The lowest BCUT2D eigenvalue weighted by atomic mass is 10.2. The van der Waals surface area contributed by atoms with E-state index in [0.717, 1.165) is 6.42 Å². The summed E-state index contributed by atoms with van der Waals surface area (Å²) in [5, 5.41) is 0. The second-order valence-corrected chi connectivity index (χ2v) is 2.96. The Morgan fingerprint density at radius 3 is 2.17 bits per heavy atom. The molecule has 0 N–H and O–H groups in total. The van der Waals surface area contributed by atoms with Gasteiger partial charge in [0.25, 0.3) is 0 Å². The Morgan fingerprint density at radius 2 is 1.75 bits per heavy atom. The number of rotatable bonds is 3. The van der Waals surface area contributed by atoms with Gasteiger partial charge in [0.2, 0.25) is 0 Å². The molecule has 0 aromatic carbocycles. The van der Waals surface area contributed by atoms with Crippen molar-refractivity contribution >= 4 is 0 Å². The highest BCUT2D eigenvalue weighted by atomic mass is 13.8. The van der Waals surface area contributed by atoms with Crippen molar-refractivity contribution in [2.75, 3.05) is 0 Å². The maximum atomic E-state index is 2.22. The summed E-state index contributed by atoms with van der Waals surface area (Å²) in [6, 6.07) is 0. The molecule has 0 spiro atoms. The van der Waals surface area contributed by atoms with Crippen LogP contribution in [0.1, 0.15) is 41.5 Å². The normalized spacial score (nSPS) is 11.2. The molecule has 0 nitrogen and oxygen atoms in total. The van der Waals surface area contributed by atoms with Crippen LogP contribution in [0, 0.1) is 0 Å². The maximum absolute atomic E-state index is 2.22. The fraction of sp³-hybridized carbons (Fsp3) is 0.500. The number of hydrogen-bond donors (Lipinski definition) is 0. The molecule has 0 radical (unpaired) electrons. The van der Waals surface area contributed by atoms with E-state index in [1.807, 2.05) is 0 Å². The molecule has 0 heteroatoms. The SMILES string of the molecule is C.CC/C=C(C)\C=C/C=C(C)C. The summed E-state index contributed by atoms with van der Waals surface area (Å²) in [6.07, 6.45) is 9.68. The summed E-state index contributed by atoms with van der Waals surface area (Å²) in [5.41, 5.74) is 2.68. The molecule has 0 aliphatic heterocycles. The zero-order valence-corrected chi connectivity index (χ0v) is 8.02. The van der Waals surface area contributed by atoms with Gasteiger partial charge in [-0.05, 0) is 27.2 Å². The van der Waals surface area contributed by atoms with E-state index in [1.165, 1.54) is 11.1 Å². The summed E-state index contributed by atoms with van der Waals surface area (Å²) in [5.74, 6) is 0. The quantitative estimate of drug-likeness (QED) is 0.541. The van der Waals surface area contributed by atoms with Crippen LogP contribution in [0.15, 0.2) is 35.5 Å². The highest BCUT2D eigenvalue weighted by molar-refractivity contribution is 5.21. The molecule has 0 aliphatic rings. The molecule has 0 fully saturated rings. The molecule has 0 aromatic rings. The first-order valence-electron chi connectivity index (χ1n) is 4.15. The third kappa shape index (κ3) is 9.22. The van der Waals surface area contributed by atoms with E-state index in [4.69, 9.17) is 0 Å². The van der Waals surface area contributed by atoms with Crippen LogP contribution in [-0.4, -0.2) is 0 Å². The van der Waals surface area contributed by atoms with Gasteiger partial charge >= 0.3 is 0 Å². The topological polar surface area (TPSA) is 0 Å². The molecule has 0 saturated carbocycles. The predicted octanol–water partition coefficient (Wildman–Crippen LogP) is 4.50. The van der Waals surface area contributed by atoms with E-state index in [9.17, 15) is 0 Å². The van der Waals surface area contributed by atoms with Crippen molar-refractivity contribution in [2.45, 2.75) is 41.5 Å². The predicted molar refractivity (Wildman–Crippen MR) is 59.4 cm³/mol. The van der Waals surface area contributed by atoms with Gasteiger partial charge in [0.05, 0.1) is 0 Å². The van der Waals surface area contributed by atoms with Gasteiger partial charge in [-0.15, -0.1) is 0 Å². The lowest BCUT2D eigenvalue weighted by molar-refractivity contribution is 1.20. The minimum Gasteiger partial charge on any atom is -0.0819 e. The van der Waals surface area contributed by atoms with Gasteiger partial charge in [-0.3, -0.25) is 0 Å². The van der Waals surface area contributed by atoms with Crippen molar-refractivity contribution in [1.29, 1.82) is 0 Å². The molecule has 0 aliphatic carbocycles. The van der Waals surface area contributed by atoms with Crippen LogP contribution < -0.4 is 0 Å². The maximum Gasteiger partial charge on any atom is -0.0374 e. The Hall–Kier alpha value is -0.780. The minimum atomic E-state index is 0. The van der Waals surface area contributed by atoms with Gasteiger partial charge in [-0.1, -0.05) is 49.8 Å². The van der Waals surface area contributed by atoms with Crippen molar-refractivity contribution in [3.63, 3.8) is 0 Å². The van der Waals surface area contributed by atoms with E-state index in [-0.39, 0.29) is 7.43 Å². The Balaban J connectivity index is 0. The largest absolute Gasteiger partial charge is 0.0819 e. The zero-order chi connectivity index (χ0) is 8.69. The van der Waals surface area contributed by atoms with Gasteiger partial charge in [-0.2, -0.15) is 0 Å². The van der Waals surface area contributed by atoms with Crippen molar-refractivity contribution in [3.05, 3.63) is 35.5 Å². The van der Waals surface area contributed by atoms with Gasteiger partial charge < -0.3 is 0 Å². The molecule has 0 unspecified atom stereocenters. The molecule has 0 saturated heterocycles. The molecule has 12 heavy (non-hydrogen) atoms. The summed E-state index contributed by atoms with van der Waals surface area (Å²) in [6.45, 7) is 8.48. The van der Waals surface area contributed by atoms with Crippen LogP contribution >= 0.6 is 0 Å². The Morgan fingerprint density at radius 1 is 1.17 bits per heavy atom. The second kappa shape index (κ2) is 8.32. The fourth-order valence-electron chi connectivity index (χ4n) is 0.782. The van der Waals surface area contributed by atoms with E-state index >= 15 is 0 Å². The Kier molecular flexibility index (Phi) is 9.56. The standard InChI is InChI=1S/C11H18.CH4/c1-5-7-11(4)9-6-8-10(2)3;/h6-9H,5H2,1-4H3;1H4/b9-6-,11-7-;. The lowest BCUT2D eigenvalue weighted by Crippen LogP contribution is -1.66. The molecular formula is C12H22. The van der Waals surface area contributed by atoms with Crippen LogP contribution in [-0.2, 0) is 0 Å². The Labute approximate surface area is 77.7 Å². The molecule has 0 atom stereocenters. The van der Waals surface area contributed by atoms with Gasteiger partial charge in [0.1, 0.15) is 0 Å². The van der Waals surface area contributed by atoms with Gasteiger partial charge in [0, 0.05) is 0 Å². The second-order valence-electron chi connectivity index (χ2n) is 2.96.